The van der Waals surface area contributed by atoms with E-state index in [4.69, 9.17) is 15.2 Å². The van der Waals surface area contributed by atoms with Crippen LogP contribution in [0.2, 0.25) is 0 Å². The van der Waals surface area contributed by atoms with Crippen LogP contribution in [0.5, 0.6) is 5.88 Å². The van der Waals surface area contributed by atoms with E-state index in [1.165, 1.54) is 12.8 Å². The lowest BCUT2D eigenvalue weighted by atomic mass is 9.93. The molecule has 1 aromatic rings. The summed E-state index contributed by atoms with van der Waals surface area (Å²) in [6, 6.07) is 4.17. The van der Waals surface area contributed by atoms with Crippen LogP contribution in [0.25, 0.3) is 0 Å². The summed E-state index contributed by atoms with van der Waals surface area (Å²) in [5, 5.41) is 3.48. The van der Waals surface area contributed by atoms with Crippen LogP contribution in [0.15, 0.2) is 12.1 Å². The lowest BCUT2D eigenvalue weighted by Crippen LogP contribution is -2.31. The minimum Gasteiger partial charge on any atom is -0.476 e. The Balaban J connectivity index is 1.59. The number of nitrogens with zero attached hydrogens (tertiary/aromatic N) is 1. The lowest BCUT2D eigenvalue weighted by molar-refractivity contribution is 0.0622. The number of nitrogens with one attached hydrogen (secondary N) is 1. The molecule has 0 amide bonds. The Morgan fingerprint density at radius 1 is 1.33 bits per heavy atom. The van der Waals surface area contributed by atoms with Gasteiger partial charge in [-0.3, -0.25) is 0 Å². The predicted molar refractivity (Wildman–Crippen MR) is 83.5 cm³/mol. The molecular weight excluding hydrogens is 266 g/mol. The second-order valence-electron chi connectivity index (χ2n) is 6.23. The van der Waals surface area contributed by atoms with Gasteiger partial charge in [0.15, 0.2) is 0 Å². The third-order valence-electron chi connectivity index (χ3n) is 4.39. The molecule has 3 N–H and O–H groups in total. The minimum absolute atomic E-state index is 0.376. The Morgan fingerprint density at radius 3 is 2.81 bits per heavy atom. The molecule has 21 heavy (non-hydrogen) atoms. The molecule has 2 aliphatic rings. The van der Waals surface area contributed by atoms with Gasteiger partial charge in [0.25, 0.3) is 0 Å². The summed E-state index contributed by atoms with van der Waals surface area (Å²) in [5.74, 6) is 2.73. The van der Waals surface area contributed by atoms with Crippen molar-refractivity contribution in [1.29, 1.82) is 0 Å². The van der Waals surface area contributed by atoms with Gasteiger partial charge in [-0.15, -0.1) is 0 Å². The Morgan fingerprint density at radius 2 is 2.10 bits per heavy atom. The fraction of sp³-hybridized carbons (Fsp3) is 0.688. The number of aromatic nitrogens is 1. The average molecular weight is 291 g/mol. The molecule has 1 aromatic heterocycles. The number of anilines is 2. The highest BCUT2D eigenvalue weighted by atomic mass is 16.5. The largest absolute Gasteiger partial charge is 0.476 e. The van der Waals surface area contributed by atoms with Gasteiger partial charge in [-0.2, -0.15) is 4.98 Å². The molecule has 3 rings (SSSR count). The summed E-state index contributed by atoms with van der Waals surface area (Å²) in [5.41, 5.74) is 6.55. The van der Waals surface area contributed by atoms with E-state index >= 15 is 0 Å². The molecule has 116 valence electrons. The maximum absolute atomic E-state index is 5.94. The minimum atomic E-state index is 0.376. The monoisotopic (exact) mass is 291 g/mol. The SMILES string of the molecule is CC(Nc1ccc(N)c(OCC2CC2)n1)C1CCOCC1. The van der Waals surface area contributed by atoms with Crippen molar-refractivity contribution in [2.75, 3.05) is 30.9 Å². The zero-order chi connectivity index (χ0) is 14.7. The number of hydrogen-bond acceptors (Lipinski definition) is 5. The third kappa shape index (κ3) is 4.00. The summed E-state index contributed by atoms with van der Waals surface area (Å²) in [4.78, 5) is 4.52. The normalized spacial score (nSPS) is 21.0. The number of hydrogen-bond donors (Lipinski definition) is 2. The molecule has 1 aliphatic carbocycles. The first-order valence-corrected chi connectivity index (χ1v) is 7.96. The van der Waals surface area contributed by atoms with E-state index in [1.807, 2.05) is 12.1 Å². The number of ether oxygens (including phenoxy) is 2. The van der Waals surface area contributed by atoms with Crippen molar-refractivity contribution in [2.45, 2.75) is 38.6 Å². The number of rotatable bonds is 6. The van der Waals surface area contributed by atoms with Crippen LogP contribution in [0, 0.1) is 11.8 Å². The topological polar surface area (TPSA) is 69.4 Å². The molecule has 1 unspecified atom stereocenters. The van der Waals surface area contributed by atoms with Crippen LogP contribution in [0.1, 0.15) is 32.6 Å². The van der Waals surface area contributed by atoms with Gasteiger partial charge in [-0.25, -0.2) is 0 Å². The average Bonchev–Trinajstić information content (AvgIpc) is 3.33. The number of pyridine rings is 1. The van der Waals surface area contributed by atoms with Crippen molar-refractivity contribution in [3.63, 3.8) is 0 Å². The summed E-state index contributed by atoms with van der Waals surface area (Å²) in [7, 11) is 0. The Bertz CT molecular complexity index is 471. The zero-order valence-electron chi connectivity index (χ0n) is 12.7. The number of nitrogens with two attached hydrogens (primary N) is 1. The van der Waals surface area contributed by atoms with Crippen molar-refractivity contribution < 1.29 is 9.47 Å². The predicted octanol–water partition coefficient (Wildman–Crippen LogP) is 2.68. The molecule has 0 spiro atoms. The zero-order valence-corrected chi connectivity index (χ0v) is 12.7. The highest BCUT2D eigenvalue weighted by molar-refractivity contribution is 5.53. The Kier molecular flexibility index (Phi) is 4.48. The Labute approximate surface area is 126 Å². The van der Waals surface area contributed by atoms with E-state index in [-0.39, 0.29) is 0 Å². The standard InChI is InChI=1S/C16H25N3O2/c1-11(13-6-8-20-9-7-13)18-15-5-4-14(17)16(19-15)21-10-12-2-3-12/h4-5,11-13H,2-3,6-10,17H2,1H3,(H,18,19). The van der Waals surface area contributed by atoms with Gasteiger partial charge in [0.1, 0.15) is 5.82 Å². The van der Waals surface area contributed by atoms with Gasteiger partial charge < -0.3 is 20.5 Å². The molecule has 1 saturated carbocycles. The Hall–Kier alpha value is -1.49. The first kappa shape index (κ1) is 14.4. The van der Waals surface area contributed by atoms with Crippen molar-refractivity contribution >= 4 is 11.5 Å². The van der Waals surface area contributed by atoms with Gasteiger partial charge >= 0.3 is 0 Å². The first-order chi connectivity index (χ1) is 10.2. The van der Waals surface area contributed by atoms with E-state index in [1.54, 1.807) is 0 Å². The van der Waals surface area contributed by atoms with Crippen LogP contribution >= 0.6 is 0 Å². The maximum atomic E-state index is 5.94. The van der Waals surface area contributed by atoms with Crippen LogP contribution < -0.4 is 15.8 Å². The number of nitrogen functional groups attached to an aromatic ring is 1. The van der Waals surface area contributed by atoms with E-state index in [2.05, 4.69) is 17.2 Å². The van der Waals surface area contributed by atoms with Crippen molar-refractivity contribution in [3.05, 3.63) is 12.1 Å². The highest BCUT2D eigenvalue weighted by Gasteiger charge is 2.23. The van der Waals surface area contributed by atoms with Crippen LogP contribution in [0.3, 0.4) is 0 Å². The molecule has 0 radical (unpaired) electrons. The van der Waals surface area contributed by atoms with Crippen molar-refractivity contribution in [2.24, 2.45) is 11.8 Å². The van der Waals surface area contributed by atoms with Gasteiger partial charge in [-0.1, -0.05) is 0 Å². The molecule has 0 bridgehead atoms. The molecule has 1 atom stereocenters. The molecule has 5 nitrogen and oxygen atoms in total. The molecule has 0 aromatic carbocycles. The van der Waals surface area contributed by atoms with E-state index in [9.17, 15) is 0 Å². The van der Waals surface area contributed by atoms with Gasteiger partial charge in [-0.05, 0) is 56.6 Å². The summed E-state index contributed by atoms with van der Waals surface area (Å²) >= 11 is 0. The molecular formula is C16H25N3O2. The van der Waals surface area contributed by atoms with Crippen LogP contribution in [-0.4, -0.2) is 30.8 Å². The van der Waals surface area contributed by atoms with Crippen LogP contribution in [0.4, 0.5) is 11.5 Å². The smallest absolute Gasteiger partial charge is 0.239 e. The summed E-state index contributed by atoms with van der Waals surface area (Å²) in [6.07, 6.45) is 4.74. The molecule has 1 aliphatic heterocycles. The fourth-order valence-electron chi connectivity index (χ4n) is 2.70. The summed E-state index contributed by atoms with van der Waals surface area (Å²) in [6.45, 7) is 4.66. The van der Waals surface area contributed by atoms with Gasteiger partial charge in [0.05, 0.1) is 12.3 Å². The van der Waals surface area contributed by atoms with Gasteiger partial charge in [0, 0.05) is 19.3 Å². The molecule has 2 fully saturated rings. The van der Waals surface area contributed by atoms with Gasteiger partial charge in [0.2, 0.25) is 5.88 Å². The lowest BCUT2D eigenvalue weighted by Gasteiger charge is -2.28. The van der Waals surface area contributed by atoms with E-state index in [0.717, 1.165) is 38.5 Å². The van der Waals surface area contributed by atoms with E-state index in [0.29, 0.717) is 29.4 Å². The maximum Gasteiger partial charge on any atom is 0.239 e. The molecule has 5 heteroatoms. The van der Waals surface area contributed by atoms with Crippen molar-refractivity contribution in [3.8, 4) is 5.88 Å². The van der Waals surface area contributed by atoms with E-state index < -0.39 is 0 Å². The summed E-state index contributed by atoms with van der Waals surface area (Å²) < 4.78 is 11.1. The fourth-order valence-corrected chi connectivity index (χ4v) is 2.70. The highest BCUT2D eigenvalue weighted by Crippen LogP contribution is 2.31. The second kappa shape index (κ2) is 6.52. The second-order valence-corrected chi connectivity index (χ2v) is 6.23. The third-order valence-corrected chi connectivity index (χ3v) is 4.39. The van der Waals surface area contributed by atoms with Crippen molar-refractivity contribution in [1.82, 2.24) is 4.98 Å². The quantitative estimate of drug-likeness (QED) is 0.843. The van der Waals surface area contributed by atoms with Crippen LogP contribution in [-0.2, 0) is 4.74 Å². The first-order valence-electron chi connectivity index (χ1n) is 7.96. The molecule has 2 heterocycles. The molecule has 1 saturated heterocycles.